The molecular weight excluding hydrogens is 282 g/mol. The van der Waals surface area contributed by atoms with Crippen molar-refractivity contribution in [1.29, 1.82) is 0 Å². The van der Waals surface area contributed by atoms with Gasteiger partial charge in [0.05, 0.1) is 0 Å². The molecule has 1 aromatic carbocycles. The number of rotatable bonds is 5. The van der Waals surface area contributed by atoms with Crippen LogP contribution in [0.25, 0.3) is 11.3 Å². The van der Waals surface area contributed by atoms with Gasteiger partial charge in [0.2, 0.25) is 0 Å². The van der Waals surface area contributed by atoms with Gasteiger partial charge in [0, 0.05) is 23.0 Å². The van der Waals surface area contributed by atoms with Crippen molar-refractivity contribution in [3.63, 3.8) is 0 Å². The number of benzene rings is 1. The highest BCUT2D eigenvalue weighted by Gasteiger charge is 2.18. The Morgan fingerprint density at radius 2 is 2.05 bits per heavy atom. The number of imidazole rings is 1. The number of aryl methyl sites for hydroxylation is 1. The van der Waals surface area contributed by atoms with Crippen molar-refractivity contribution < 1.29 is 0 Å². The normalized spacial score (nSPS) is 11.3. The first kappa shape index (κ1) is 15.9. The average molecular weight is 306 g/mol. The molecule has 3 nitrogen and oxygen atoms in total. The van der Waals surface area contributed by atoms with Gasteiger partial charge < -0.3 is 10.3 Å². The van der Waals surface area contributed by atoms with Crippen LogP contribution in [0.3, 0.4) is 0 Å². The first-order valence-corrected chi connectivity index (χ1v) is 7.95. The summed E-state index contributed by atoms with van der Waals surface area (Å²) in [5.74, 6) is 2.14. The zero-order valence-electron chi connectivity index (χ0n) is 13.3. The van der Waals surface area contributed by atoms with E-state index in [0.717, 1.165) is 52.9 Å². The maximum Gasteiger partial charge on any atom is 0.131 e. The molecule has 114 valence electrons. The Morgan fingerprint density at radius 1 is 1.33 bits per heavy atom. The van der Waals surface area contributed by atoms with E-state index in [2.05, 4.69) is 25.3 Å². The van der Waals surface area contributed by atoms with Crippen molar-refractivity contribution in [2.24, 2.45) is 0 Å². The quantitative estimate of drug-likeness (QED) is 0.843. The van der Waals surface area contributed by atoms with Gasteiger partial charge in [0.25, 0.3) is 0 Å². The summed E-state index contributed by atoms with van der Waals surface area (Å²) in [5, 5.41) is 0.751. The maximum atomic E-state index is 6.36. The van der Waals surface area contributed by atoms with E-state index in [1.165, 1.54) is 0 Å². The predicted molar refractivity (Wildman–Crippen MR) is 90.8 cm³/mol. The Bertz CT molecular complexity index is 629. The summed E-state index contributed by atoms with van der Waals surface area (Å²) in [6.07, 6.45) is 2.25. The third-order valence-corrected chi connectivity index (χ3v) is 4.14. The summed E-state index contributed by atoms with van der Waals surface area (Å²) in [6.45, 7) is 9.40. The molecule has 0 aliphatic carbocycles. The van der Waals surface area contributed by atoms with Crippen LogP contribution >= 0.6 is 11.6 Å². The third-order valence-electron chi connectivity index (χ3n) is 3.73. The standard InChI is InChI=1S/C17H24ClN3/c1-5-6-9-21-16(19)15(20-17(21)11(2)3)13-8-7-12(4)14(18)10-13/h7-8,10-11H,5-6,9,19H2,1-4H3. The van der Waals surface area contributed by atoms with Crippen LogP contribution in [0, 0.1) is 6.92 Å². The van der Waals surface area contributed by atoms with E-state index in [9.17, 15) is 0 Å². The fourth-order valence-electron chi connectivity index (χ4n) is 2.43. The maximum absolute atomic E-state index is 6.36. The lowest BCUT2D eigenvalue weighted by molar-refractivity contribution is 0.588. The predicted octanol–water partition coefficient (Wildman–Crippen LogP) is 5.02. The van der Waals surface area contributed by atoms with E-state index in [4.69, 9.17) is 22.3 Å². The highest BCUT2D eigenvalue weighted by atomic mass is 35.5. The Balaban J connectivity index is 2.51. The second-order valence-electron chi connectivity index (χ2n) is 5.83. The SMILES string of the molecule is CCCCn1c(C(C)C)nc(-c2ccc(C)c(Cl)c2)c1N. The fourth-order valence-corrected chi connectivity index (χ4v) is 2.61. The van der Waals surface area contributed by atoms with Crippen LogP contribution in [0.2, 0.25) is 5.02 Å². The largest absolute Gasteiger partial charge is 0.383 e. The third kappa shape index (κ3) is 3.24. The number of hydrogen-bond donors (Lipinski definition) is 1. The molecule has 1 aromatic heterocycles. The lowest BCUT2D eigenvalue weighted by atomic mass is 10.1. The molecule has 0 amide bonds. The summed E-state index contributed by atoms with van der Waals surface area (Å²) >= 11 is 6.23. The molecule has 0 aliphatic heterocycles. The van der Waals surface area contributed by atoms with E-state index in [-0.39, 0.29) is 0 Å². The van der Waals surface area contributed by atoms with Gasteiger partial charge >= 0.3 is 0 Å². The summed E-state index contributed by atoms with van der Waals surface area (Å²) < 4.78 is 2.15. The Hall–Kier alpha value is -1.48. The van der Waals surface area contributed by atoms with Crippen LogP contribution in [-0.4, -0.2) is 9.55 Å². The van der Waals surface area contributed by atoms with Gasteiger partial charge in [-0.25, -0.2) is 4.98 Å². The van der Waals surface area contributed by atoms with Crippen LogP contribution in [0.15, 0.2) is 18.2 Å². The Morgan fingerprint density at radius 3 is 2.62 bits per heavy atom. The lowest BCUT2D eigenvalue weighted by Gasteiger charge is -2.11. The van der Waals surface area contributed by atoms with Gasteiger partial charge in [-0.1, -0.05) is 50.9 Å². The zero-order chi connectivity index (χ0) is 15.6. The first-order chi connectivity index (χ1) is 9.95. The molecule has 0 fully saturated rings. The lowest BCUT2D eigenvalue weighted by Crippen LogP contribution is -2.08. The minimum Gasteiger partial charge on any atom is -0.383 e. The average Bonchev–Trinajstić information content (AvgIpc) is 2.77. The van der Waals surface area contributed by atoms with Gasteiger partial charge in [0.15, 0.2) is 0 Å². The summed E-state index contributed by atoms with van der Waals surface area (Å²) in [6, 6.07) is 6.00. The molecular formula is C17H24ClN3. The molecule has 2 N–H and O–H groups in total. The molecule has 2 aromatic rings. The van der Waals surface area contributed by atoms with E-state index < -0.39 is 0 Å². The minimum atomic E-state index is 0.346. The van der Waals surface area contributed by atoms with Gasteiger partial charge in [-0.05, 0) is 25.0 Å². The van der Waals surface area contributed by atoms with Crippen LogP contribution < -0.4 is 5.73 Å². The first-order valence-electron chi connectivity index (χ1n) is 7.58. The fraction of sp³-hybridized carbons (Fsp3) is 0.471. The summed E-state index contributed by atoms with van der Waals surface area (Å²) in [7, 11) is 0. The van der Waals surface area contributed by atoms with E-state index >= 15 is 0 Å². The highest BCUT2D eigenvalue weighted by Crippen LogP contribution is 2.32. The summed E-state index contributed by atoms with van der Waals surface area (Å²) in [5.41, 5.74) is 9.25. The van der Waals surface area contributed by atoms with Crippen molar-refractivity contribution >= 4 is 17.4 Å². The molecule has 0 radical (unpaired) electrons. The number of halogens is 1. The van der Waals surface area contributed by atoms with E-state index in [1.54, 1.807) is 0 Å². The van der Waals surface area contributed by atoms with E-state index in [0.29, 0.717) is 5.92 Å². The van der Waals surface area contributed by atoms with Gasteiger partial charge in [-0.15, -0.1) is 0 Å². The zero-order valence-corrected chi connectivity index (χ0v) is 14.0. The number of hydrogen-bond acceptors (Lipinski definition) is 2. The topological polar surface area (TPSA) is 43.8 Å². The van der Waals surface area contributed by atoms with Gasteiger partial charge in [-0.2, -0.15) is 0 Å². The minimum absolute atomic E-state index is 0.346. The second-order valence-corrected chi connectivity index (χ2v) is 6.23. The number of nitrogens with two attached hydrogens (primary N) is 1. The number of nitrogen functional groups attached to an aromatic ring is 1. The van der Waals surface area contributed by atoms with Crippen molar-refractivity contribution in [3.8, 4) is 11.3 Å². The van der Waals surface area contributed by atoms with Crippen LogP contribution in [0.1, 0.15) is 50.9 Å². The molecule has 0 spiro atoms. The number of aromatic nitrogens is 2. The van der Waals surface area contributed by atoms with Gasteiger partial charge in [-0.3, -0.25) is 0 Å². The highest BCUT2D eigenvalue weighted by molar-refractivity contribution is 6.31. The van der Waals surface area contributed by atoms with Crippen LogP contribution in [0.4, 0.5) is 5.82 Å². The molecule has 0 saturated heterocycles. The van der Waals surface area contributed by atoms with Crippen LogP contribution in [0.5, 0.6) is 0 Å². The van der Waals surface area contributed by atoms with Crippen molar-refractivity contribution in [2.75, 3.05) is 5.73 Å². The molecule has 0 bridgehead atoms. The second kappa shape index (κ2) is 6.52. The number of unbranched alkanes of at least 4 members (excludes halogenated alkanes) is 1. The number of nitrogens with zero attached hydrogens (tertiary/aromatic N) is 2. The molecule has 0 saturated carbocycles. The van der Waals surface area contributed by atoms with Crippen molar-refractivity contribution in [3.05, 3.63) is 34.6 Å². The molecule has 0 aliphatic rings. The molecule has 4 heteroatoms. The molecule has 1 heterocycles. The van der Waals surface area contributed by atoms with Crippen molar-refractivity contribution in [1.82, 2.24) is 9.55 Å². The van der Waals surface area contributed by atoms with Crippen LogP contribution in [-0.2, 0) is 6.54 Å². The molecule has 21 heavy (non-hydrogen) atoms. The molecule has 0 unspecified atom stereocenters. The van der Waals surface area contributed by atoms with Gasteiger partial charge in [0.1, 0.15) is 17.3 Å². The Labute approximate surface area is 132 Å². The smallest absolute Gasteiger partial charge is 0.131 e. The number of anilines is 1. The molecule has 0 atom stereocenters. The molecule has 2 rings (SSSR count). The van der Waals surface area contributed by atoms with E-state index in [1.807, 2.05) is 25.1 Å². The van der Waals surface area contributed by atoms with Crippen molar-refractivity contribution in [2.45, 2.75) is 53.0 Å². The monoisotopic (exact) mass is 305 g/mol. The Kier molecular flexibility index (Phi) is 4.94. The summed E-state index contributed by atoms with van der Waals surface area (Å²) in [4.78, 5) is 4.78.